The number of esters is 1. The molecule has 0 unspecified atom stereocenters. The molecule has 14 nitrogen and oxygen atoms in total. The van der Waals surface area contributed by atoms with Crippen LogP contribution in [-0.2, 0) is 46.2 Å². The zero-order valence-corrected chi connectivity index (χ0v) is 27.9. The summed E-state index contributed by atoms with van der Waals surface area (Å²) in [6, 6.07) is 14.6. The van der Waals surface area contributed by atoms with Crippen molar-refractivity contribution in [3.8, 4) is 17.1 Å². The summed E-state index contributed by atoms with van der Waals surface area (Å²) in [6.07, 6.45) is 2.27. The second kappa shape index (κ2) is 14.2. The number of aliphatic hydroxyl groups is 1. The minimum atomic E-state index is -1.90. The molecular weight excluding hydrogens is 644 g/mol. The molecule has 50 heavy (non-hydrogen) atoms. The van der Waals surface area contributed by atoms with Crippen LogP contribution >= 0.6 is 0 Å². The predicted molar refractivity (Wildman–Crippen MR) is 183 cm³/mol. The third-order valence-electron chi connectivity index (χ3n) is 8.85. The Hall–Kier alpha value is -5.41. The number of aromatic nitrogens is 2. The topological polar surface area (TPSA) is 184 Å². The van der Waals surface area contributed by atoms with Crippen LogP contribution in [0.3, 0.4) is 0 Å². The summed E-state index contributed by atoms with van der Waals surface area (Å²) < 4.78 is 12.5. The molecule has 2 amide bonds. The Balaban J connectivity index is 1.15. The number of carbonyl (C=O) groups is 3. The van der Waals surface area contributed by atoms with Gasteiger partial charge in [0.05, 0.1) is 29.0 Å². The maximum absolute atomic E-state index is 13.6. The second-order valence-electron chi connectivity index (χ2n) is 12.5. The summed E-state index contributed by atoms with van der Waals surface area (Å²) in [5, 5.41) is 26.5. The molecule has 0 fully saturated rings. The zero-order chi connectivity index (χ0) is 35.6. The Kier molecular flexibility index (Phi) is 9.79. The van der Waals surface area contributed by atoms with Gasteiger partial charge in [-0.3, -0.25) is 14.8 Å². The lowest BCUT2D eigenvalue weighted by molar-refractivity contribution is -0.172. The van der Waals surface area contributed by atoms with Crippen LogP contribution in [0, 0.1) is 0 Å². The van der Waals surface area contributed by atoms with Crippen LogP contribution in [-0.4, -0.2) is 69.9 Å². The molecule has 0 aliphatic carbocycles. The van der Waals surface area contributed by atoms with Crippen molar-refractivity contribution in [1.82, 2.24) is 30.6 Å². The highest BCUT2D eigenvalue weighted by atomic mass is 16.6. The molecule has 5 N–H and O–H groups in total. The number of cyclic esters (lactones) is 1. The maximum Gasteiger partial charge on any atom is 0.412 e. The molecule has 0 saturated heterocycles. The van der Waals surface area contributed by atoms with Gasteiger partial charge in [-0.05, 0) is 62.0 Å². The number of benzene rings is 2. The number of pyridine rings is 2. The first-order valence-corrected chi connectivity index (χ1v) is 16.2. The molecule has 2 aromatic heterocycles. The summed E-state index contributed by atoms with van der Waals surface area (Å²) >= 11 is 0. The molecule has 1 atom stereocenters. The number of fused-ring (bicyclic) bond motifs is 5. The zero-order valence-electron chi connectivity index (χ0n) is 27.9. The van der Waals surface area contributed by atoms with Crippen molar-refractivity contribution >= 4 is 34.9 Å². The number of nitrogens with zero attached hydrogens (tertiary/aromatic N) is 3. The average molecular weight is 683 g/mol. The number of carbonyl (C=O) groups excluding carboxylic acids is 3. The lowest BCUT2D eigenvalue weighted by Gasteiger charge is -2.31. The highest BCUT2D eigenvalue weighted by Gasteiger charge is 2.45. The van der Waals surface area contributed by atoms with E-state index in [1.165, 1.54) is 6.08 Å². The SMILES string of the molecule is CC[C@@]1(O)C(=O)OCc2c1cc1n(c2=O)Cc2cc3c(CN(C)C)c(OC(=O)NCCNCc4ccc(/C=C/C(=O)NO)cc4)ccc3nc2-1. The van der Waals surface area contributed by atoms with E-state index in [-0.39, 0.29) is 36.3 Å². The van der Waals surface area contributed by atoms with Gasteiger partial charge in [0.25, 0.3) is 11.5 Å². The Labute approximate surface area is 287 Å². The Morgan fingerprint density at radius 3 is 2.62 bits per heavy atom. The summed E-state index contributed by atoms with van der Waals surface area (Å²) in [5.74, 6) is -0.992. The molecule has 2 aliphatic rings. The fourth-order valence-corrected chi connectivity index (χ4v) is 6.24. The summed E-state index contributed by atoms with van der Waals surface area (Å²) in [7, 11) is 3.82. The number of rotatable bonds is 11. The van der Waals surface area contributed by atoms with E-state index in [4.69, 9.17) is 19.7 Å². The number of hydrogen-bond donors (Lipinski definition) is 5. The van der Waals surface area contributed by atoms with Crippen molar-refractivity contribution in [2.45, 2.75) is 45.2 Å². The van der Waals surface area contributed by atoms with Gasteiger partial charge in [-0.15, -0.1) is 0 Å². The quantitative estimate of drug-likeness (QED) is 0.0454. The second-order valence-corrected chi connectivity index (χ2v) is 12.5. The molecular formula is C36H38N6O8. The van der Waals surface area contributed by atoms with E-state index in [9.17, 15) is 24.3 Å². The Morgan fingerprint density at radius 1 is 1.12 bits per heavy atom. The van der Waals surface area contributed by atoms with Crippen molar-refractivity contribution in [2.75, 3.05) is 27.2 Å². The number of amides is 2. The van der Waals surface area contributed by atoms with Crippen LogP contribution in [0.1, 0.15) is 46.7 Å². The third-order valence-corrected chi connectivity index (χ3v) is 8.85. The standard InChI is InChI=1S/C36H38N6O8/c1-4-36(47)27-16-29-32-23(18-42(29)33(44)26(27)20-49-34(36)45)15-24-25(19-41(2)3)30(11-10-28(24)39-32)50-35(46)38-14-13-37-17-22-7-5-21(6-8-22)9-12-31(43)40-48/h5-12,15-16,37,47-48H,4,13-14,17-20H2,1-3H3,(H,38,46)(H,40,43)/b12-9+/t36-/m0/s1. The number of hydroxylamine groups is 1. The first-order chi connectivity index (χ1) is 24.0. The monoisotopic (exact) mass is 682 g/mol. The molecule has 2 aromatic carbocycles. The van der Waals surface area contributed by atoms with Crippen LogP contribution in [0.4, 0.5) is 4.79 Å². The molecule has 0 saturated carbocycles. The number of nitrogens with one attached hydrogen (secondary N) is 3. The van der Waals surface area contributed by atoms with Gasteiger partial charge in [-0.25, -0.2) is 20.1 Å². The fraction of sp³-hybridized carbons (Fsp3) is 0.306. The molecule has 4 aromatic rings. The van der Waals surface area contributed by atoms with Crippen LogP contribution in [0.25, 0.3) is 28.4 Å². The minimum absolute atomic E-state index is 0.0604. The highest BCUT2D eigenvalue weighted by molar-refractivity contribution is 5.91. The smallest absolute Gasteiger partial charge is 0.412 e. The van der Waals surface area contributed by atoms with E-state index >= 15 is 0 Å². The van der Waals surface area contributed by atoms with Crippen LogP contribution in [0.2, 0.25) is 0 Å². The lowest BCUT2D eigenvalue weighted by atomic mass is 9.86. The van der Waals surface area contributed by atoms with Gasteiger partial charge in [-0.2, -0.15) is 0 Å². The van der Waals surface area contributed by atoms with E-state index < -0.39 is 23.6 Å². The molecule has 6 rings (SSSR count). The predicted octanol–water partition coefficient (Wildman–Crippen LogP) is 2.54. The van der Waals surface area contributed by atoms with Crippen molar-refractivity contribution < 1.29 is 34.2 Å². The van der Waals surface area contributed by atoms with Crippen molar-refractivity contribution in [3.63, 3.8) is 0 Å². The van der Waals surface area contributed by atoms with E-state index in [2.05, 4.69) is 10.6 Å². The van der Waals surface area contributed by atoms with Gasteiger partial charge in [-0.1, -0.05) is 31.2 Å². The van der Waals surface area contributed by atoms with Gasteiger partial charge in [0, 0.05) is 54.3 Å². The molecule has 0 spiro atoms. The average Bonchev–Trinajstić information content (AvgIpc) is 3.47. The Bertz CT molecular complexity index is 2070. The van der Waals surface area contributed by atoms with Gasteiger partial charge >= 0.3 is 12.1 Å². The normalized spacial score (nSPS) is 16.2. The van der Waals surface area contributed by atoms with E-state index in [1.807, 2.05) is 49.3 Å². The number of ether oxygens (including phenoxy) is 2. The van der Waals surface area contributed by atoms with E-state index in [0.717, 1.165) is 27.6 Å². The Morgan fingerprint density at radius 2 is 1.90 bits per heavy atom. The molecule has 14 heteroatoms. The number of hydrogen-bond acceptors (Lipinski definition) is 11. The maximum atomic E-state index is 13.6. The lowest BCUT2D eigenvalue weighted by Crippen LogP contribution is -2.44. The molecule has 260 valence electrons. The summed E-state index contributed by atoms with van der Waals surface area (Å²) in [6.45, 7) is 3.55. The van der Waals surface area contributed by atoms with Gasteiger partial charge < -0.3 is 34.7 Å². The van der Waals surface area contributed by atoms with E-state index in [1.54, 1.807) is 41.2 Å². The molecule has 2 aliphatic heterocycles. The summed E-state index contributed by atoms with van der Waals surface area (Å²) in [4.78, 5) is 56.9. The van der Waals surface area contributed by atoms with Gasteiger partial charge in [0.15, 0.2) is 5.60 Å². The van der Waals surface area contributed by atoms with Crippen molar-refractivity contribution in [1.29, 1.82) is 0 Å². The van der Waals surface area contributed by atoms with Crippen LogP contribution in [0.15, 0.2) is 59.4 Å². The van der Waals surface area contributed by atoms with Crippen LogP contribution < -0.4 is 26.4 Å². The first-order valence-electron chi connectivity index (χ1n) is 16.2. The van der Waals surface area contributed by atoms with E-state index in [0.29, 0.717) is 48.8 Å². The largest absolute Gasteiger partial charge is 0.458 e. The van der Waals surface area contributed by atoms with Crippen LogP contribution in [0.5, 0.6) is 5.75 Å². The molecule has 4 heterocycles. The third kappa shape index (κ3) is 6.73. The van der Waals surface area contributed by atoms with Gasteiger partial charge in [0.2, 0.25) is 0 Å². The van der Waals surface area contributed by atoms with Gasteiger partial charge in [0.1, 0.15) is 12.4 Å². The first kappa shape index (κ1) is 34.5. The van der Waals surface area contributed by atoms with Crippen molar-refractivity contribution in [3.05, 3.63) is 98.3 Å². The molecule has 0 radical (unpaired) electrons. The fourth-order valence-electron chi connectivity index (χ4n) is 6.24. The minimum Gasteiger partial charge on any atom is -0.458 e. The summed E-state index contributed by atoms with van der Waals surface area (Å²) in [5.41, 5.74) is 4.94. The molecule has 0 bridgehead atoms. The highest BCUT2D eigenvalue weighted by Crippen LogP contribution is 2.40. The van der Waals surface area contributed by atoms with Crippen molar-refractivity contribution in [2.24, 2.45) is 0 Å².